The number of amides is 1. The number of carbonyl (C=O) groups is 3. The SMILES string of the molecule is CC(=O)O[C@@H](C(=O)CCCOc1ccccn1)[C@H](Cc1ccccc1)NC(=O)Cn1c(-c2ccccc2)ncc(N)c1=O. The number of anilines is 1. The number of aromatic nitrogens is 3. The highest BCUT2D eigenvalue weighted by Gasteiger charge is 2.32. The number of hydrogen-bond acceptors (Lipinski definition) is 9. The fourth-order valence-corrected chi connectivity index (χ4v) is 4.52. The van der Waals surface area contributed by atoms with Crippen molar-refractivity contribution in [1.82, 2.24) is 19.9 Å². The molecular formula is C32H33N5O6. The molecule has 3 N–H and O–H groups in total. The number of nitrogen functional groups attached to an aromatic ring is 1. The average Bonchev–Trinajstić information content (AvgIpc) is 3.01. The van der Waals surface area contributed by atoms with Gasteiger partial charge in [0.25, 0.3) is 5.56 Å². The molecule has 43 heavy (non-hydrogen) atoms. The molecule has 1 amide bonds. The monoisotopic (exact) mass is 583 g/mol. The molecule has 2 aromatic carbocycles. The Hall–Kier alpha value is -5.32. The number of hydrogen-bond donors (Lipinski definition) is 2. The van der Waals surface area contributed by atoms with Gasteiger partial charge in [-0.05, 0) is 24.5 Å². The van der Waals surface area contributed by atoms with Crippen molar-refractivity contribution >= 4 is 23.3 Å². The molecule has 4 rings (SSSR count). The molecule has 0 bridgehead atoms. The molecule has 2 heterocycles. The van der Waals surface area contributed by atoms with Gasteiger partial charge in [0.2, 0.25) is 11.8 Å². The highest BCUT2D eigenvalue weighted by molar-refractivity contribution is 5.87. The Morgan fingerprint density at radius 1 is 0.953 bits per heavy atom. The standard InChI is InChI=1S/C32H33N5O6/c1-22(38)43-30(27(39)15-10-18-42-29-16-8-9-17-34-29)26(19-23-11-4-2-5-12-23)36-28(40)21-37-31(24-13-6-3-7-14-24)35-20-25(33)32(37)41/h2-9,11-14,16-17,20,26,30H,10,15,18-19,21,33H2,1H3,(H,36,40)/t26-,30+/m0/s1. The molecular weight excluding hydrogens is 550 g/mol. The number of ketones is 1. The largest absolute Gasteiger partial charge is 0.478 e. The number of nitrogens with zero attached hydrogens (tertiary/aromatic N) is 3. The van der Waals surface area contributed by atoms with Gasteiger partial charge in [-0.15, -0.1) is 0 Å². The minimum absolute atomic E-state index is 0.0304. The molecule has 222 valence electrons. The molecule has 0 radical (unpaired) electrons. The van der Waals surface area contributed by atoms with Crippen LogP contribution < -0.4 is 21.3 Å². The van der Waals surface area contributed by atoms with E-state index in [-0.39, 0.29) is 36.7 Å². The van der Waals surface area contributed by atoms with Crippen LogP contribution in [0.25, 0.3) is 11.4 Å². The van der Waals surface area contributed by atoms with Crippen LogP contribution in [0.4, 0.5) is 5.69 Å². The van der Waals surface area contributed by atoms with E-state index in [9.17, 15) is 19.2 Å². The Kier molecular flexibility index (Phi) is 10.7. The first-order valence-electron chi connectivity index (χ1n) is 13.8. The summed E-state index contributed by atoms with van der Waals surface area (Å²) in [4.78, 5) is 60.4. The van der Waals surface area contributed by atoms with Gasteiger partial charge in [-0.25, -0.2) is 9.97 Å². The topological polar surface area (TPSA) is 156 Å². The third-order valence-corrected chi connectivity index (χ3v) is 6.48. The first kappa shape index (κ1) is 30.6. The van der Waals surface area contributed by atoms with Crippen LogP contribution in [-0.2, 0) is 32.1 Å². The van der Waals surface area contributed by atoms with E-state index >= 15 is 0 Å². The lowest BCUT2D eigenvalue weighted by atomic mass is 9.96. The van der Waals surface area contributed by atoms with Gasteiger partial charge in [-0.1, -0.05) is 66.7 Å². The van der Waals surface area contributed by atoms with Crippen molar-refractivity contribution in [3.05, 3.63) is 107 Å². The van der Waals surface area contributed by atoms with Crippen LogP contribution in [0.3, 0.4) is 0 Å². The highest BCUT2D eigenvalue weighted by Crippen LogP contribution is 2.17. The Labute approximate surface area is 248 Å². The van der Waals surface area contributed by atoms with E-state index in [1.807, 2.05) is 36.4 Å². The predicted molar refractivity (Wildman–Crippen MR) is 160 cm³/mol. The molecule has 4 aromatic rings. The third kappa shape index (κ3) is 8.83. The summed E-state index contributed by atoms with van der Waals surface area (Å²) < 4.78 is 12.3. The Bertz CT molecular complexity index is 1580. The molecule has 0 unspecified atom stereocenters. The second-order valence-electron chi connectivity index (χ2n) is 9.77. The van der Waals surface area contributed by atoms with Crippen molar-refractivity contribution in [3.8, 4) is 17.3 Å². The lowest BCUT2D eigenvalue weighted by Crippen LogP contribution is -2.51. The smallest absolute Gasteiger partial charge is 0.303 e. The third-order valence-electron chi connectivity index (χ3n) is 6.48. The van der Waals surface area contributed by atoms with Gasteiger partial charge in [-0.3, -0.25) is 23.7 Å². The number of esters is 1. The quantitative estimate of drug-likeness (QED) is 0.168. The fraction of sp³-hybridized carbons (Fsp3) is 0.250. The van der Waals surface area contributed by atoms with Crippen molar-refractivity contribution in [2.24, 2.45) is 0 Å². The van der Waals surface area contributed by atoms with Crippen LogP contribution in [0.5, 0.6) is 5.88 Å². The molecule has 0 spiro atoms. The molecule has 0 aliphatic rings. The van der Waals surface area contributed by atoms with Gasteiger partial charge in [0, 0.05) is 31.2 Å². The lowest BCUT2D eigenvalue weighted by Gasteiger charge is -2.27. The molecule has 0 fully saturated rings. The van der Waals surface area contributed by atoms with Crippen molar-refractivity contribution in [2.75, 3.05) is 12.3 Å². The number of carbonyl (C=O) groups excluding carboxylic acids is 3. The Balaban J connectivity index is 1.55. The number of Topliss-reactive ketones (excluding diaryl/α,β-unsaturated/α-hetero) is 1. The summed E-state index contributed by atoms with van der Waals surface area (Å²) in [5.41, 5.74) is 6.57. The van der Waals surface area contributed by atoms with Crippen molar-refractivity contribution in [1.29, 1.82) is 0 Å². The zero-order valence-corrected chi connectivity index (χ0v) is 23.7. The van der Waals surface area contributed by atoms with E-state index in [1.54, 1.807) is 48.7 Å². The van der Waals surface area contributed by atoms with Gasteiger partial charge < -0.3 is 20.5 Å². The zero-order valence-electron chi connectivity index (χ0n) is 23.7. The number of pyridine rings is 1. The molecule has 11 heteroatoms. The maximum Gasteiger partial charge on any atom is 0.303 e. The van der Waals surface area contributed by atoms with Crippen molar-refractivity contribution in [3.63, 3.8) is 0 Å². The lowest BCUT2D eigenvalue weighted by molar-refractivity contribution is -0.155. The van der Waals surface area contributed by atoms with Gasteiger partial charge in [0.15, 0.2) is 11.9 Å². The highest BCUT2D eigenvalue weighted by atomic mass is 16.5. The fourth-order valence-electron chi connectivity index (χ4n) is 4.52. The van der Waals surface area contributed by atoms with Crippen LogP contribution >= 0.6 is 0 Å². The molecule has 2 atom stereocenters. The molecule has 0 saturated heterocycles. The molecule has 0 aliphatic carbocycles. The molecule has 0 aliphatic heterocycles. The maximum atomic E-state index is 13.5. The number of ether oxygens (including phenoxy) is 2. The number of nitrogens with one attached hydrogen (secondary N) is 1. The second-order valence-corrected chi connectivity index (χ2v) is 9.77. The first-order valence-corrected chi connectivity index (χ1v) is 13.8. The summed E-state index contributed by atoms with van der Waals surface area (Å²) in [5.74, 6) is -0.945. The van der Waals surface area contributed by atoms with Gasteiger partial charge in [0.1, 0.15) is 18.1 Å². The summed E-state index contributed by atoms with van der Waals surface area (Å²) >= 11 is 0. The summed E-state index contributed by atoms with van der Waals surface area (Å²) in [7, 11) is 0. The van der Waals surface area contributed by atoms with E-state index in [4.69, 9.17) is 15.2 Å². The maximum absolute atomic E-state index is 13.5. The Morgan fingerprint density at radius 3 is 2.33 bits per heavy atom. The molecule has 2 aromatic heterocycles. The summed E-state index contributed by atoms with van der Waals surface area (Å²) in [5, 5.41) is 2.84. The molecule has 0 saturated carbocycles. The van der Waals surface area contributed by atoms with Crippen molar-refractivity contribution in [2.45, 2.75) is 44.9 Å². The van der Waals surface area contributed by atoms with Gasteiger partial charge >= 0.3 is 5.97 Å². The zero-order chi connectivity index (χ0) is 30.6. The number of rotatable bonds is 14. The van der Waals surface area contributed by atoms with Crippen LogP contribution in [-0.4, -0.2) is 50.9 Å². The van der Waals surface area contributed by atoms with Gasteiger partial charge in [-0.2, -0.15) is 0 Å². The van der Waals surface area contributed by atoms with Crippen LogP contribution in [0.15, 0.2) is 96.1 Å². The summed E-state index contributed by atoms with van der Waals surface area (Å²) in [6.07, 6.45) is 2.14. The molecule has 11 nitrogen and oxygen atoms in total. The van der Waals surface area contributed by atoms with Crippen LogP contribution in [0, 0.1) is 0 Å². The summed E-state index contributed by atoms with van der Waals surface area (Å²) in [6.45, 7) is 1.00. The van der Waals surface area contributed by atoms with Gasteiger partial charge in [0.05, 0.1) is 18.8 Å². The van der Waals surface area contributed by atoms with E-state index in [0.29, 0.717) is 17.9 Å². The van der Waals surface area contributed by atoms with E-state index in [0.717, 1.165) is 5.56 Å². The first-order chi connectivity index (χ1) is 20.8. The minimum Gasteiger partial charge on any atom is -0.478 e. The number of nitrogens with two attached hydrogens (primary N) is 1. The van der Waals surface area contributed by atoms with E-state index < -0.39 is 36.1 Å². The normalized spacial score (nSPS) is 12.1. The van der Waals surface area contributed by atoms with Crippen molar-refractivity contribution < 1.29 is 23.9 Å². The second kappa shape index (κ2) is 15.1. The van der Waals surface area contributed by atoms with Crippen LogP contribution in [0.1, 0.15) is 25.3 Å². The van der Waals surface area contributed by atoms with E-state index in [1.165, 1.54) is 17.7 Å². The predicted octanol–water partition coefficient (Wildman–Crippen LogP) is 2.98. The average molecular weight is 584 g/mol. The van der Waals surface area contributed by atoms with Crippen LogP contribution in [0.2, 0.25) is 0 Å². The minimum atomic E-state index is -1.28. The summed E-state index contributed by atoms with van der Waals surface area (Å²) in [6, 6.07) is 22.4. The number of benzene rings is 2. The Morgan fingerprint density at radius 2 is 1.65 bits per heavy atom. The van der Waals surface area contributed by atoms with E-state index in [2.05, 4.69) is 15.3 Å².